The number of benzene rings is 3. The van der Waals surface area contributed by atoms with Gasteiger partial charge in [-0.1, -0.05) is 62.9 Å². The van der Waals surface area contributed by atoms with E-state index in [-0.39, 0.29) is 24.5 Å². The van der Waals surface area contributed by atoms with Crippen molar-refractivity contribution in [3.05, 3.63) is 73.1 Å². The topological polar surface area (TPSA) is 148 Å². The molecule has 1 amide bonds. The Bertz CT molecular complexity index is 1880. The number of nitrogens with zero attached hydrogens (tertiary/aromatic N) is 6. The van der Waals surface area contributed by atoms with E-state index in [1.807, 2.05) is 92.1 Å². The highest BCUT2D eigenvalue weighted by atomic mass is 16.5. The maximum absolute atomic E-state index is 14.4. The standard InChI is InChI=1S/C37H43N7O5/c1-5-6-7-8-13-32(35(45)43-22-27(21-33(43)36(46)47)48-25-15-17-26(18-16-25)49-37(2,3)4)44-23-38-30-20-24(14-19-31(30)44)28-11-9-10-12-29(28)34-39-41-42-40-34/h9-12,14-20,23,27,32-33H,5-8,13,21-22H2,1-4H3,(H,46,47)(H,39,40,41,42)/t27?,32?,33-/m0/s1. The molecule has 0 bridgehead atoms. The SMILES string of the molecule is CCCCCCC(C(=O)N1CC(Oc2ccc(OC(C)(C)C)cc2)C[C@H]1C(=O)O)n1cnc2cc(-c3ccccc3-c3nnn[nH]3)ccc21. The summed E-state index contributed by atoms with van der Waals surface area (Å²) in [4.78, 5) is 33.1. The Morgan fingerprint density at radius 3 is 2.45 bits per heavy atom. The summed E-state index contributed by atoms with van der Waals surface area (Å²) in [5.74, 6) is 0.590. The molecule has 12 heteroatoms. The van der Waals surface area contributed by atoms with Crippen LogP contribution in [-0.2, 0) is 9.59 Å². The average molecular weight is 666 g/mol. The molecule has 1 aliphatic heterocycles. The number of aromatic nitrogens is 6. The molecule has 6 rings (SSSR count). The molecule has 3 heterocycles. The van der Waals surface area contributed by atoms with Crippen molar-refractivity contribution in [2.45, 2.75) is 90.0 Å². The van der Waals surface area contributed by atoms with Crippen LogP contribution in [-0.4, -0.2) is 76.3 Å². The fraction of sp³-hybridized carbons (Fsp3) is 0.405. The summed E-state index contributed by atoms with van der Waals surface area (Å²) in [7, 11) is 0. The van der Waals surface area contributed by atoms with Gasteiger partial charge >= 0.3 is 5.97 Å². The Morgan fingerprint density at radius 2 is 1.76 bits per heavy atom. The number of aromatic amines is 1. The number of aliphatic carboxylic acids is 1. The molecule has 0 spiro atoms. The first-order valence-corrected chi connectivity index (χ1v) is 16.9. The lowest BCUT2D eigenvalue weighted by molar-refractivity contribution is -0.149. The Balaban J connectivity index is 1.26. The normalized spacial score (nSPS) is 16.9. The number of amides is 1. The van der Waals surface area contributed by atoms with E-state index in [1.54, 1.807) is 6.33 Å². The minimum Gasteiger partial charge on any atom is -0.488 e. The number of fused-ring (bicyclic) bond motifs is 1. The van der Waals surface area contributed by atoms with Crippen LogP contribution in [0.25, 0.3) is 33.5 Å². The number of rotatable bonds is 13. The highest BCUT2D eigenvalue weighted by Gasteiger charge is 2.43. The van der Waals surface area contributed by atoms with E-state index in [9.17, 15) is 14.7 Å². The number of hydrogen-bond donors (Lipinski definition) is 2. The first kappa shape index (κ1) is 33.6. The van der Waals surface area contributed by atoms with Gasteiger partial charge in [-0.15, -0.1) is 5.10 Å². The van der Waals surface area contributed by atoms with Gasteiger partial charge in [0.2, 0.25) is 5.91 Å². The monoisotopic (exact) mass is 665 g/mol. The second kappa shape index (κ2) is 14.5. The van der Waals surface area contributed by atoms with Crippen LogP contribution in [0.5, 0.6) is 11.5 Å². The fourth-order valence-electron chi connectivity index (χ4n) is 6.49. The lowest BCUT2D eigenvalue weighted by atomic mass is 9.98. The fourth-order valence-corrected chi connectivity index (χ4v) is 6.49. The van der Waals surface area contributed by atoms with Crippen molar-refractivity contribution in [2.24, 2.45) is 0 Å². The highest BCUT2D eigenvalue weighted by Crippen LogP contribution is 2.34. The van der Waals surface area contributed by atoms with Crippen LogP contribution in [0.4, 0.5) is 0 Å². The highest BCUT2D eigenvalue weighted by molar-refractivity contribution is 5.90. The van der Waals surface area contributed by atoms with Crippen LogP contribution in [0.2, 0.25) is 0 Å². The van der Waals surface area contributed by atoms with Crippen molar-refractivity contribution in [2.75, 3.05) is 6.54 Å². The molecule has 5 aromatic rings. The molecule has 3 atom stereocenters. The van der Waals surface area contributed by atoms with E-state index in [4.69, 9.17) is 14.5 Å². The number of carbonyl (C=O) groups excluding carboxylic acids is 1. The number of carboxylic acids is 1. The lowest BCUT2D eigenvalue weighted by Gasteiger charge is -2.28. The van der Waals surface area contributed by atoms with Gasteiger partial charge < -0.3 is 24.0 Å². The van der Waals surface area contributed by atoms with Crippen LogP contribution < -0.4 is 9.47 Å². The number of unbranched alkanes of at least 4 members (excludes halogenated alkanes) is 3. The molecule has 1 fully saturated rings. The number of carboxylic acid groups (broad SMARTS) is 1. The van der Waals surface area contributed by atoms with Gasteiger partial charge in [-0.05, 0) is 85.1 Å². The van der Waals surface area contributed by atoms with E-state index in [0.29, 0.717) is 23.7 Å². The predicted octanol–water partition coefficient (Wildman–Crippen LogP) is 6.71. The summed E-state index contributed by atoms with van der Waals surface area (Å²) in [6.45, 7) is 8.26. The first-order valence-electron chi connectivity index (χ1n) is 16.9. The van der Waals surface area contributed by atoms with Gasteiger partial charge in [0.25, 0.3) is 0 Å². The maximum atomic E-state index is 14.4. The zero-order valence-electron chi connectivity index (χ0n) is 28.4. The molecule has 3 aromatic carbocycles. The summed E-state index contributed by atoms with van der Waals surface area (Å²) in [6, 6.07) is 19.5. The third-order valence-electron chi connectivity index (χ3n) is 8.75. The molecule has 1 saturated heterocycles. The molecule has 49 heavy (non-hydrogen) atoms. The largest absolute Gasteiger partial charge is 0.488 e. The van der Waals surface area contributed by atoms with Crippen LogP contribution in [0, 0.1) is 0 Å². The molecular formula is C37H43N7O5. The molecule has 2 aromatic heterocycles. The Hall–Kier alpha value is -5.26. The Morgan fingerprint density at radius 1 is 1.00 bits per heavy atom. The first-order chi connectivity index (χ1) is 23.6. The molecule has 2 N–H and O–H groups in total. The second-order valence-corrected chi connectivity index (χ2v) is 13.5. The zero-order chi connectivity index (χ0) is 34.5. The molecule has 12 nitrogen and oxygen atoms in total. The zero-order valence-corrected chi connectivity index (χ0v) is 28.4. The van der Waals surface area contributed by atoms with E-state index < -0.39 is 24.2 Å². The van der Waals surface area contributed by atoms with Crippen molar-refractivity contribution in [1.82, 2.24) is 35.1 Å². The van der Waals surface area contributed by atoms with Crippen molar-refractivity contribution in [3.63, 3.8) is 0 Å². The van der Waals surface area contributed by atoms with Crippen molar-refractivity contribution < 1.29 is 24.2 Å². The van der Waals surface area contributed by atoms with E-state index in [1.165, 1.54) is 4.90 Å². The van der Waals surface area contributed by atoms with Crippen molar-refractivity contribution in [3.8, 4) is 34.0 Å². The van der Waals surface area contributed by atoms with Gasteiger partial charge in [0.15, 0.2) is 5.82 Å². The van der Waals surface area contributed by atoms with Crippen LogP contribution >= 0.6 is 0 Å². The van der Waals surface area contributed by atoms with Crippen LogP contribution in [0.1, 0.15) is 72.3 Å². The quantitative estimate of drug-likeness (QED) is 0.131. The van der Waals surface area contributed by atoms with Gasteiger partial charge in [-0.3, -0.25) is 4.79 Å². The van der Waals surface area contributed by atoms with Crippen molar-refractivity contribution in [1.29, 1.82) is 0 Å². The number of H-pyrrole nitrogens is 1. The lowest BCUT2D eigenvalue weighted by Crippen LogP contribution is -2.44. The number of carbonyl (C=O) groups is 2. The summed E-state index contributed by atoms with van der Waals surface area (Å²) in [5.41, 5.74) is 3.92. The predicted molar refractivity (Wildman–Crippen MR) is 185 cm³/mol. The third-order valence-corrected chi connectivity index (χ3v) is 8.75. The minimum atomic E-state index is -1.04. The van der Waals surface area contributed by atoms with Crippen LogP contribution in [0.3, 0.4) is 0 Å². The molecule has 256 valence electrons. The number of hydrogen-bond acceptors (Lipinski definition) is 8. The summed E-state index contributed by atoms with van der Waals surface area (Å²) >= 11 is 0. The van der Waals surface area contributed by atoms with Gasteiger partial charge in [0, 0.05) is 12.0 Å². The van der Waals surface area contributed by atoms with Gasteiger partial charge in [0.1, 0.15) is 35.3 Å². The molecule has 0 saturated carbocycles. The van der Waals surface area contributed by atoms with Crippen molar-refractivity contribution >= 4 is 22.9 Å². The minimum absolute atomic E-state index is 0.172. The van der Waals surface area contributed by atoms with E-state index in [0.717, 1.165) is 53.4 Å². The number of ether oxygens (including phenoxy) is 2. The van der Waals surface area contributed by atoms with Gasteiger partial charge in [0.05, 0.1) is 23.9 Å². The third kappa shape index (κ3) is 7.74. The second-order valence-electron chi connectivity index (χ2n) is 13.5. The van der Waals surface area contributed by atoms with E-state index >= 15 is 0 Å². The molecule has 0 aliphatic carbocycles. The number of likely N-dealkylation sites (tertiary alicyclic amines) is 1. The summed E-state index contributed by atoms with van der Waals surface area (Å²) < 4.78 is 14.0. The molecular weight excluding hydrogens is 622 g/mol. The summed E-state index contributed by atoms with van der Waals surface area (Å²) in [5, 5.41) is 24.6. The number of imidazole rings is 1. The van der Waals surface area contributed by atoms with Gasteiger partial charge in [-0.25, -0.2) is 14.9 Å². The van der Waals surface area contributed by atoms with E-state index in [2.05, 4.69) is 27.5 Å². The molecule has 0 radical (unpaired) electrons. The smallest absolute Gasteiger partial charge is 0.326 e. The number of nitrogens with one attached hydrogen (secondary N) is 1. The number of tetrazole rings is 1. The maximum Gasteiger partial charge on any atom is 0.326 e. The Kier molecular flexibility index (Phi) is 9.93. The Labute approximate surface area is 285 Å². The van der Waals surface area contributed by atoms with Gasteiger partial charge in [-0.2, -0.15) is 0 Å². The van der Waals surface area contributed by atoms with Crippen LogP contribution in [0.15, 0.2) is 73.1 Å². The summed E-state index contributed by atoms with van der Waals surface area (Å²) in [6.07, 6.45) is 5.92. The molecule has 2 unspecified atom stereocenters. The average Bonchev–Trinajstić information content (AvgIpc) is 3.85. The molecule has 1 aliphatic rings.